The van der Waals surface area contributed by atoms with E-state index in [-0.39, 0.29) is 5.91 Å². The van der Waals surface area contributed by atoms with Crippen LogP contribution >= 0.6 is 0 Å². The number of aromatic nitrogens is 5. The van der Waals surface area contributed by atoms with Gasteiger partial charge in [-0.25, -0.2) is 4.98 Å². The molecule has 3 aromatic heterocycles. The highest BCUT2D eigenvalue weighted by molar-refractivity contribution is 6.04. The second kappa shape index (κ2) is 10.2. The third-order valence-electron chi connectivity index (χ3n) is 5.60. The smallest absolute Gasteiger partial charge is 0.255 e. The first kappa shape index (κ1) is 22.4. The molecule has 35 heavy (non-hydrogen) atoms. The SMILES string of the molecule is CN1CCN(c2nc(Nc3cc(C(=O)Nc4ccccc4)ccn3)nc(-c3ccccn3)n2)CC1. The zero-order valence-electron chi connectivity index (χ0n) is 19.3. The minimum Gasteiger partial charge on any atom is -0.338 e. The van der Waals surface area contributed by atoms with Crippen LogP contribution in [-0.4, -0.2) is 69.0 Å². The fourth-order valence-electron chi connectivity index (χ4n) is 3.66. The number of anilines is 4. The fourth-order valence-corrected chi connectivity index (χ4v) is 3.66. The van der Waals surface area contributed by atoms with Gasteiger partial charge in [-0.1, -0.05) is 24.3 Å². The Morgan fingerprint density at radius 3 is 2.43 bits per heavy atom. The lowest BCUT2D eigenvalue weighted by molar-refractivity contribution is 0.102. The Balaban J connectivity index is 1.41. The lowest BCUT2D eigenvalue weighted by Crippen LogP contribution is -2.45. The molecule has 0 atom stereocenters. The molecular weight excluding hydrogens is 442 g/mol. The summed E-state index contributed by atoms with van der Waals surface area (Å²) in [5, 5.41) is 6.02. The highest BCUT2D eigenvalue weighted by Gasteiger charge is 2.20. The van der Waals surface area contributed by atoms with Gasteiger partial charge in [0.15, 0.2) is 5.82 Å². The maximum Gasteiger partial charge on any atom is 0.255 e. The van der Waals surface area contributed by atoms with E-state index in [1.165, 1.54) is 0 Å². The van der Waals surface area contributed by atoms with E-state index < -0.39 is 0 Å². The topological polar surface area (TPSA) is 112 Å². The highest BCUT2D eigenvalue weighted by Crippen LogP contribution is 2.21. The van der Waals surface area contributed by atoms with Gasteiger partial charge in [-0.2, -0.15) is 15.0 Å². The number of hydrogen-bond donors (Lipinski definition) is 2. The number of likely N-dealkylation sites (N-methyl/N-ethyl adjacent to an activating group) is 1. The average Bonchev–Trinajstić information content (AvgIpc) is 2.90. The van der Waals surface area contributed by atoms with Crippen LogP contribution in [0.4, 0.5) is 23.4 Å². The van der Waals surface area contributed by atoms with E-state index in [2.05, 4.69) is 52.4 Å². The quantitative estimate of drug-likeness (QED) is 0.442. The zero-order valence-corrected chi connectivity index (χ0v) is 19.3. The van der Waals surface area contributed by atoms with Crippen molar-refractivity contribution in [1.29, 1.82) is 0 Å². The molecule has 0 bridgehead atoms. The van der Waals surface area contributed by atoms with Crippen molar-refractivity contribution < 1.29 is 4.79 Å². The number of benzene rings is 1. The van der Waals surface area contributed by atoms with Gasteiger partial charge in [0.25, 0.3) is 5.91 Å². The lowest BCUT2D eigenvalue weighted by Gasteiger charge is -2.32. The molecule has 1 aromatic carbocycles. The second-order valence-electron chi connectivity index (χ2n) is 8.16. The van der Waals surface area contributed by atoms with Crippen LogP contribution in [0.1, 0.15) is 10.4 Å². The van der Waals surface area contributed by atoms with Crippen molar-refractivity contribution in [2.75, 3.05) is 48.8 Å². The molecule has 0 aliphatic carbocycles. The molecule has 1 aliphatic rings. The van der Waals surface area contributed by atoms with Gasteiger partial charge < -0.3 is 20.4 Å². The standard InChI is InChI=1S/C25H25N9O/c1-33-13-15-34(16-14-33)25-31-22(20-9-5-6-11-26-20)30-24(32-25)29-21-17-18(10-12-27-21)23(35)28-19-7-3-2-4-8-19/h2-12,17H,13-16H2,1H3,(H,28,35)(H,27,29,30,31,32). The van der Waals surface area contributed by atoms with Crippen LogP contribution < -0.4 is 15.5 Å². The van der Waals surface area contributed by atoms with Crippen LogP contribution in [0.3, 0.4) is 0 Å². The van der Waals surface area contributed by atoms with Gasteiger partial charge in [0.2, 0.25) is 11.9 Å². The molecular formula is C25H25N9O. The monoisotopic (exact) mass is 467 g/mol. The summed E-state index contributed by atoms with van der Waals surface area (Å²) in [4.78, 5) is 39.8. The Hall–Kier alpha value is -4.44. The van der Waals surface area contributed by atoms with Gasteiger partial charge in [0.05, 0.1) is 0 Å². The summed E-state index contributed by atoms with van der Waals surface area (Å²) in [6.45, 7) is 3.48. The normalized spacial score (nSPS) is 13.9. The molecule has 5 rings (SSSR count). The van der Waals surface area contributed by atoms with Gasteiger partial charge in [0, 0.05) is 49.8 Å². The van der Waals surface area contributed by atoms with Crippen molar-refractivity contribution in [1.82, 2.24) is 29.8 Å². The average molecular weight is 468 g/mol. The maximum atomic E-state index is 12.7. The Kier molecular flexibility index (Phi) is 6.53. The number of piperazine rings is 1. The minimum atomic E-state index is -0.232. The summed E-state index contributed by atoms with van der Waals surface area (Å²) in [5.74, 6) is 1.60. The van der Waals surface area contributed by atoms with Crippen LogP contribution in [0.5, 0.6) is 0 Å². The molecule has 2 N–H and O–H groups in total. The molecule has 0 saturated carbocycles. The van der Waals surface area contributed by atoms with Crippen LogP contribution in [0.2, 0.25) is 0 Å². The van der Waals surface area contributed by atoms with E-state index in [1.54, 1.807) is 24.5 Å². The van der Waals surface area contributed by atoms with E-state index in [1.807, 2.05) is 48.5 Å². The molecule has 4 heterocycles. The van der Waals surface area contributed by atoms with E-state index in [0.717, 1.165) is 31.9 Å². The molecule has 10 nitrogen and oxygen atoms in total. The lowest BCUT2D eigenvalue weighted by atomic mass is 10.2. The number of hydrogen-bond acceptors (Lipinski definition) is 9. The van der Waals surface area contributed by atoms with Crippen LogP contribution in [0.25, 0.3) is 11.5 Å². The molecule has 0 unspecified atom stereocenters. The van der Waals surface area contributed by atoms with Crippen molar-refractivity contribution in [3.8, 4) is 11.5 Å². The molecule has 1 aliphatic heterocycles. The number of rotatable bonds is 6. The molecule has 0 radical (unpaired) electrons. The largest absolute Gasteiger partial charge is 0.338 e. The summed E-state index contributed by atoms with van der Waals surface area (Å²) < 4.78 is 0. The minimum absolute atomic E-state index is 0.232. The van der Waals surface area contributed by atoms with Crippen LogP contribution in [0.15, 0.2) is 73.1 Å². The Labute approximate surface area is 203 Å². The second-order valence-corrected chi connectivity index (χ2v) is 8.16. The van der Waals surface area contributed by atoms with Crippen LogP contribution in [-0.2, 0) is 0 Å². The predicted molar refractivity (Wildman–Crippen MR) is 135 cm³/mol. The summed E-state index contributed by atoms with van der Waals surface area (Å²) in [7, 11) is 2.10. The van der Waals surface area contributed by atoms with E-state index >= 15 is 0 Å². The predicted octanol–water partition coefficient (Wildman–Crippen LogP) is 3.08. The maximum absolute atomic E-state index is 12.7. The summed E-state index contributed by atoms with van der Waals surface area (Å²) >= 11 is 0. The van der Waals surface area contributed by atoms with Gasteiger partial charge in [-0.15, -0.1) is 0 Å². The van der Waals surface area contributed by atoms with E-state index in [0.29, 0.717) is 34.8 Å². The first-order valence-electron chi connectivity index (χ1n) is 11.3. The molecule has 1 amide bonds. The molecule has 10 heteroatoms. The molecule has 176 valence electrons. The fraction of sp³-hybridized carbons (Fsp3) is 0.200. The van der Waals surface area contributed by atoms with Gasteiger partial charge in [-0.3, -0.25) is 9.78 Å². The Bertz CT molecular complexity index is 1290. The van der Waals surface area contributed by atoms with Crippen LogP contribution in [0, 0.1) is 0 Å². The Morgan fingerprint density at radius 1 is 0.857 bits per heavy atom. The Morgan fingerprint density at radius 2 is 1.66 bits per heavy atom. The summed E-state index contributed by atoms with van der Waals surface area (Å²) in [6.07, 6.45) is 3.28. The van der Waals surface area contributed by atoms with E-state index in [4.69, 9.17) is 0 Å². The van der Waals surface area contributed by atoms with E-state index in [9.17, 15) is 4.79 Å². The molecule has 1 fully saturated rings. The number of carbonyl (C=O) groups is 1. The van der Waals surface area contributed by atoms with Gasteiger partial charge in [0.1, 0.15) is 11.5 Å². The first-order chi connectivity index (χ1) is 17.1. The van der Waals surface area contributed by atoms with Crippen molar-refractivity contribution in [3.63, 3.8) is 0 Å². The number of nitrogens with zero attached hydrogens (tertiary/aromatic N) is 7. The summed E-state index contributed by atoms with van der Waals surface area (Å²) in [5.41, 5.74) is 1.83. The van der Waals surface area contributed by atoms with Crippen molar-refractivity contribution in [2.45, 2.75) is 0 Å². The number of pyridine rings is 2. The molecule has 0 spiro atoms. The highest BCUT2D eigenvalue weighted by atomic mass is 16.1. The van der Waals surface area contributed by atoms with Gasteiger partial charge >= 0.3 is 0 Å². The third-order valence-corrected chi connectivity index (χ3v) is 5.60. The third kappa shape index (κ3) is 5.56. The summed E-state index contributed by atoms with van der Waals surface area (Å²) in [6, 6.07) is 18.2. The number of nitrogens with one attached hydrogen (secondary N) is 2. The number of para-hydroxylation sites is 1. The van der Waals surface area contributed by atoms with Crippen molar-refractivity contribution >= 4 is 29.3 Å². The number of amides is 1. The molecule has 4 aromatic rings. The number of carbonyl (C=O) groups excluding carboxylic acids is 1. The van der Waals surface area contributed by atoms with Crippen molar-refractivity contribution in [2.24, 2.45) is 0 Å². The molecule has 1 saturated heterocycles. The van der Waals surface area contributed by atoms with Crippen molar-refractivity contribution in [3.05, 3.63) is 78.6 Å². The first-order valence-corrected chi connectivity index (χ1v) is 11.3. The zero-order chi connectivity index (χ0) is 24.0. The van der Waals surface area contributed by atoms with Gasteiger partial charge in [-0.05, 0) is 43.4 Å².